The number of carboxylic acid groups (broad SMARTS) is 1. The molecule has 17 heavy (non-hydrogen) atoms. The smallest absolute Gasteiger partial charge is 0.372 e. The van der Waals surface area contributed by atoms with Crippen LogP contribution in [-0.2, 0) is 0 Å². The van der Waals surface area contributed by atoms with E-state index in [1.807, 2.05) is 44.2 Å². The summed E-state index contributed by atoms with van der Waals surface area (Å²) in [4.78, 5) is 15.1. The summed E-state index contributed by atoms with van der Waals surface area (Å²) in [5, 5.41) is 9.09. The maximum absolute atomic E-state index is 11.1. The van der Waals surface area contributed by atoms with Gasteiger partial charge in [0.05, 0.1) is 11.9 Å². The minimum Gasteiger partial charge on any atom is -0.475 e. The highest BCUT2D eigenvalue weighted by Gasteiger charge is 2.18. The number of hydrogen-bond donors (Lipinski definition) is 1. The third-order valence-electron chi connectivity index (χ3n) is 2.57. The Bertz CT molecular complexity index is 530. The lowest BCUT2D eigenvalue weighted by Crippen LogP contribution is -2.12. The first kappa shape index (κ1) is 11.4. The van der Waals surface area contributed by atoms with Crippen LogP contribution in [0.15, 0.2) is 36.5 Å². The largest absolute Gasteiger partial charge is 0.475 e. The number of carbonyl (C=O) groups is 1. The van der Waals surface area contributed by atoms with Crippen molar-refractivity contribution in [2.24, 2.45) is 0 Å². The molecule has 1 N–H and O–H groups in total. The van der Waals surface area contributed by atoms with Gasteiger partial charge in [-0.05, 0) is 19.4 Å². The molecule has 88 valence electrons. The van der Waals surface area contributed by atoms with E-state index in [9.17, 15) is 4.79 Å². The summed E-state index contributed by atoms with van der Waals surface area (Å²) in [6.07, 6.45) is 1.61. The van der Waals surface area contributed by atoms with Crippen LogP contribution in [0.3, 0.4) is 0 Å². The highest BCUT2D eigenvalue weighted by Crippen LogP contribution is 2.24. The number of aromatic nitrogens is 2. The molecule has 2 aromatic rings. The van der Waals surface area contributed by atoms with E-state index in [0.717, 1.165) is 11.3 Å². The molecular weight excluding hydrogens is 216 g/mol. The van der Waals surface area contributed by atoms with Crippen LogP contribution in [0.1, 0.15) is 30.5 Å². The van der Waals surface area contributed by atoms with Crippen molar-refractivity contribution in [2.75, 3.05) is 0 Å². The lowest BCUT2D eigenvalue weighted by molar-refractivity contribution is 0.0676. The number of carboxylic acids is 1. The molecule has 1 aromatic carbocycles. The van der Waals surface area contributed by atoms with Crippen LogP contribution in [-0.4, -0.2) is 20.6 Å². The van der Waals surface area contributed by atoms with Gasteiger partial charge in [0.1, 0.15) is 0 Å². The van der Waals surface area contributed by atoms with Gasteiger partial charge in [-0.2, -0.15) is 0 Å². The number of aromatic carboxylic acids is 1. The van der Waals surface area contributed by atoms with Crippen LogP contribution < -0.4 is 0 Å². The number of nitrogens with zero attached hydrogens (tertiary/aromatic N) is 2. The molecule has 4 nitrogen and oxygen atoms in total. The molecule has 0 radical (unpaired) electrons. The normalized spacial score (nSPS) is 10.8. The van der Waals surface area contributed by atoms with Crippen molar-refractivity contribution >= 4 is 5.97 Å². The molecule has 0 unspecified atom stereocenters. The van der Waals surface area contributed by atoms with Crippen molar-refractivity contribution in [3.05, 3.63) is 42.4 Å². The summed E-state index contributed by atoms with van der Waals surface area (Å²) in [5.41, 5.74) is 1.80. The Balaban J connectivity index is 2.60. The van der Waals surface area contributed by atoms with E-state index in [1.165, 1.54) is 0 Å². The molecule has 0 aliphatic heterocycles. The number of benzene rings is 1. The zero-order chi connectivity index (χ0) is 12.4. The quantitative estimate of drug-likeness (QED) is 0.882. The lowest BCUT2D eigenvalue weighted by Gasteiger charge is -2.13. The molecule has 0 aliphatic rings. The van der Waals surface area contributed by atoms with Gasteiger partial charge in [-0.1, -0.05) is 30.3 Å². The third-order valence-corrected chi connectivity index (χ3v) is 2.57. The van der Waals surface area contributed by atoms with Crippen LogP contribution in [0.25, 0.3) is 11.3 Å². The predicted molar refractivity (Wildman–Crippen MR) is 65.0 cm³/mol. The molecule has 0 saturated carbocycles. The molecule has 4 heteroatoms. The second-order valence-corrected chi connectivity index (χ2v) is 4.10. The summed E-state index contributed by atoms with van der Waals surface area (Å²) in [7, 11) is 0. The summed E-state index contributed by atoms with van der Waals surface area (Å²) in [5.74, 6) is -0.917. The molecule has 1 heterocycles. The first-order chi connectivity index (χ1) is 8.11. The van der Waals surface area contributed by atoms with Crippen LogP contribution >= 0.6 is 0 Å². The van der Waals surface area contributed by atoms with Crippen molar-refractivity contribution in [3.8, 4) is 11.3 Å². The maximum atomic E-state index is 11.1. The average molecular weight is 230 g/mol. The Morgan fingerprint density at radius 1 is 1.29 bits per heavy atom. The Hall–Kier alpha value is -2.10. The van der Waals surface area contributed by atoms with Crippen LogP contribution in [0.5, 0.6) is 0 Å². The number of rotatable bonds is 3. The standard InChI is InChI=1S/C13H14N2O2/c1-9(2)15-11(8-14-12(15)13(16)17)10-6-4-3-5-7-10/h3-9H,1-2H3,(H,16,17). The average Bonchev–Trinajstić information content (AvgIpc) is 2.74. The Morgan fingerprint density at radius 3 is 2.47 bits per heavy atom. The third kappa shape index (κ3) is 2.06. The Kier molecular flexibility index (Phi) is 2.95. The van der Waals surface area contributed by atoms with E-state index in [2.05, 4.69) is 4.98 Å². The molecule has 0 aliphatic carbocycles. The number of hydrogen-bond acceptors (Lipinski definition) is 2. The van der Waals surface area contributed by atoms with Crippen LogP contribution in [0.4, 0.5) is 0 Å². The minimum absolute atomic E-state index is 0.0545. The lowest BCUT2D eigenvalue weighted by atomic mass is 10.1. The summed E-state index contributed by atoms with van der Waals surface area (Å²) in [6, 6.07) is 9.72. The first-order valence-corrected chi connectivity index (χ1v) is 5.47. The summed E-state index contributed by atoms with van der Waals surface area (Å²) in [6.45, 7) is 3.89. The fourth-order valence-corrected chi connectivity index (χ4v) is 1.86. The van der Waals surface area contributed by atoms with Gasteiger partial charge in [0, 0.05) is 6.04 Å². The fraction of sp³-hybridized carbons (Fsp3) is 0.231. The van der Waals surface area contributed by atoms with Gasteiger partial charge in [0.15, 0.2) is 0 Å². The van der Waals surface area contributed by atoms with Gasteiger partial charge in [0.2, 0.25) is 5.82 Å². The van der Waals surface area contributed by atoms with Gasteiger partial charge >= 0.3 is 5.97 Å². The predicted octanol–water partition coefficient (Wildman–Crippen LogP) is 2.83. The molecule has 0 saturated heterocycles. The van der Waals surface area contributed by atoms with Gasteiger partial charge < -0.3 is 9.67 Å². The Labute approximate surface area is 99.5 Å². The van der Waals surface area contributed by atoms with E-state index in [1.54, 1.807) is 10.8 Å². The zero-order valence-electron chi connectivity index (χ0n) is 9.79. The molecule has 0 amide bonds. The van der Waals surface area contributed by atoms with Gasteiger partial charge in [-0.25, -0.2) is 9.78 Å². The topological polar surface area (TPSA) is 55.1 Å². The zero-order valence-corrected chi connectivity index (χ0v) is 9.79. The van der Waals surface area contributed by atoms with Crippen molar-refractivity contribution in [1.82, 2.24) is 9.55 Å². The van der Waals surface area contributed by atoms with Gasteiger partial charge in [0.25, 0.3) is 0 Å². The second-order valence-electron chi connectivity index (χ2n) is 4.10. The Morgan fingerprint density at radius 2 is 1.94 bits per heavy atom. The van der Waals surface area contributed by atoms with Crippen molar-refractivity contribution in [1.29, 1.82) is 0 Å². The monoisotopic (exact) mass is 230 g/mol. The fourth-order valence-electron chi connectivity index (χ4n) is 1.86. The molecular formula is C13H14N2O2. The molecule has 2 rings (SSSR count). The van der Waals surface area contributed by atoms with E-state index in [4.69, 9.17) is 5.11 Å². The second kappa shape index (κ2) is 4.41. The molecule has 0 fully saturated rings. The van der Waals surface area contributed by atoms with E-state index >= 15 is 0 Å². The van der Waals surface area contributed by atoms with Gasteiger partial charge in [-0.15, -0.1) is 0 Å². The van der Waals surface area contributed by atoms with Crippen LogP contribution in [0, 0.1) is 0 Å². The molecule has 0 atom stereocenters. The minimum atomic E-state index is -0.999. The van der Waals surface area contributed by atoms with Gasteiger partial charge in [-0.3, -0.25) is 0 Å². The SMILES string of the molecule is CC(C)n1c(-c2ccccc2)cnc1C(=O)O. The maximum Gasteiger partial charge on any atom is 0.372 e. The number of imidazole rings is 1. The molecule has 1 aromatic heterocycles. The van der Waals surface area contributed by atoms with E-state index in [-0.39, 0.29) is 11.9 Å². The van der Waals surface area contributed by atoms with Crippen LogP contribution in [0.2, 0.25) is 0 Å². The first-order valence-electron chi connectivity index (χ1n) is 5.47. The molecule has 0 bridgehead atoms. The molecule has 0 spiro atoms. The van der Waals surface area contributed by atoms with E-state index < -0.39 is 5.97 Å². The van der Waals surface area contributed by atoms with Crippen molar-refractivity contribution in [2.45, 2.75) is 19.9 Å². The van der Waals surface area contributed by atoms with Crippen molar-refractivity contribution in [3.63, 3.8) is 0 Å². The van der Waals surface area contributed by atoms with E-state index in [0.29, 0.717) is 0 Å². The summed E-state index contributed by atoms with van der Waals surface area (Å²) < 4.78 is 1.73. The van der Waals surface area contributed by atoms with Crippen molar-refractivity contribution < 1.29 is 9.90 Å². The highest BCUT2D eigenvalue weighted by molar-refractivity contribution is 5.85. The summed E-state index contributed by atoms with van der Waals surface area (Å²) >= 11 is 0. The highest BCUT2D eigenvalue weighted by atomic mass is 16.4.